The number of rotatable bonds is 6. The molecule has 0 spiro atoms. The van der Waals surface area contributed by atoms with Crippen LogP contribution in [0.2, 0.25) is 0 Å². The molecule has 0 bridgehead atoms. The molecule has 0 saturated heterocycles. The van der Waals surface area contributed by atoms with Gasteiger partial charge in [-0.05, 0) is 65.7 Å². The van der Waals surface area contributed by atoms with Gasteiger partial charge in [0.1, 0.15) is 0 Å². The van der Waals surface area contributed by atoms with Gasteiger partial charge in [-0.1, -0.05) is 19.8 Å². The molecule has 0 aromatic heterocycles. The molecule has 1 aliphatic rings. The van der Waals surface area contributed by atoms with E-state index in [1.165, 1.54) is 19.3 Å². The van der Waals surface area contributed by atoms with Crippen LogP contribution in [-0.2, 0) is 6.54 Å². The molecule has 4 heteroatoms. The van der Waals surface area contributed by atoms with Crippen molar-refractivity contribution in [1.82, 2.24) is 0 Å². The van der Waals surface area contributed by atoms with Crippen LogP contribution in [0.1, 0.15) is 51.5 Å². The highest BCUT2D eigenvalue weighted by Crippen LogP contribution is 2.40. The first kappa shape index (κ1) is 16.6. The molecule has 21 heavy (non-hydrogen) atoms. The Hall–Kier alpha value is -0.740. The van der Waals surface area contributed by atoms with Crippen molar-refractivity contribution >= 4 is 15.9 Å². The molecule has 118 valence electrons. The first-order chi connectivity index (χ1) is 10.2. The molecular weight excluding hydrogens is 330 g/mol. The van der Waals surface area contributed by atoms with Gasteiger partial charge in [0, 0.05) is 6.54 Å². The predicted molar refractivity (Wildman–Crippen MR) is 89.9 cm³/mol. The highest BCUT2D eigenvalue weighted by atomic mass is 79.9. The molecule has 1 aromatic rings. The van der Waals surface area contributed by atoms with Crippen LogP contribution in [0.3, 0.4) is 0 Å². The van der Waals surface area contributed by atoms with Gasteiger partial charge in [-0.15, -0.1) is 0 Å². The summed E-state index contributed by atoms with van der Waals surface area (Å²) in [7, 11) is 0. The topological polar surface area (TPSA) is 44.5 Å². The van der Waals surface area contributed by atoms with Crippen LogP contribution in [0.15, 0.2) is 16.6 Å². The molecule has 0 amide bonds. The predicted octanol–water partition coefficient (Wildman–Crippen LogP) is 4.65. The Morgan fingerprint density at radius 3 is 2.76 bits per heavy atom. The van der Waals surface area contributed by atoms with Gasteiger partial charge in [-0.3, -0.25) is 0 Å². The monoisotopic (exact) mass is 355 g/mol. The number of halogens is 1. The van der Waals surface area contributed by atoms with Gasteiger partial charge in [0.2, 0.25) is 0 Å². The van der Waals surface area contributed by atoms with E-state index in [-0.39, 0.29) is 0 Å². The van der Waals surface area contributed by atoms with Crippen LogP contribution >= 0.6 is 15.9 Å². The van der Waals surface area contributed by atoms with Crippen LogP contribution in [-0.4, -0.2) is 12.7 Å². The fourth-order valence-electron chi connectivity index (χ4n) is 3.00. The Bertz CT molecular complexity index is 464. The number of hydrogen-bond donors (Lipinski definition) is 1. The smallest absolute Gasteiger partial charge is 0.175 e. The van der Waals surface area contributed by atoms with E-state index in [9.17, 15) is 0 Å². The number of nitrogens with two attached hydrogens (primary N) is 1. The summed E-state index contributed by atoms with van der Waals surface area (Å²) >= 11 is 3.61. The van der Waals surface area contributed by atoms with Gasteiger partial charge in [-0.2, -0.15) is 0 Å². The Kier molecular flexibility index (Phi) is 6.37. The fraction of sp³-hybridized carbons (Fsp3) is 0.647. The zero-order valence-electron chi connectivity index (χ0n) is 13.0. The lowest BCUT2D eigenvalue weighted by atomic mass is 9.85. The van der Waals surface area contributed by atoms with Crippen molar-refractivity contribution < 1.29 is 9.47 Å². The standard InChI is InChI=1S/C17H26BrNO2/c1-3-12-6-5-7-14(8-12)21-17-15(18)9-13(11-19)10-16(17)20-4-2/h9-10,12,14H,3-8,11,19H2,1-2H3. The van der Waals surface area contributed by atoms with E-state index in [0.717, 1.165) is 40.3 Å². The molecule has 1 fully saturated rings. The minimum absolute atomic E-state index is 0.294. The van der Waals surface area contributed by atoms with Crippen LogP contribution in [0.25, 0.3) is 0 Å². The van der Waals surface area contributed by atoms with Crippen molar-refractivity contribution in [3.8, 4) is 11.5 Å². The summed E-state index contributed by atoms with van der Waals surface area (Å²) in [6, 6.07) is 4.02. The minimum Gasteiger partial charge on any atom is -0.490 e. The molecule has 3 nitrogen and oxygen atoms in total. The molecule has 2 atom stereocenters. The maximum absolute atomic E-state index is 6.29. The average molecular weight is 356 g/mol. The maximum atomic E-state index is 6.29. The molecule has 1 aliphatic carbocycles. The Morgan fingerprint density at radius 2 is 2.10 bits per heavy atom. The van der Waals surface area contributed by atoms with Crippen LogP contribution in [0.4, 0.5) is 0 Å². The number of hydrogen-bond acceptors (Lipinski definition) is 3. The molecule has 2 N–H and O–H groups in total. The number of ether oxygens (including phenoxy) is 2. The van der Waals surface area contributed by atoms with Crippen molar-refractivity contribution in [1.29, 1.82) is 0 Å². The molecule has 0 radical (unpaired) electrons. The third-order valence-electron chi connectivity index (χ3n) is 4.20. The molecular formula is C17H26BrNO2. The summed E-state index contributed by atoms with van der Waals surface area (Å²) in [6.07, 6.45) is 6.40. The quantitative estimate of drug-likeness (QED) is 0.807. The summed E-state index contributed by atoms with van der Waals surface area (Å²) in [5, 5.41) is 0. The summed E-state index contributed by atoms with van der Waals surface area (Å²) in [5.74, 6) is 2.42. The maximum Gasteiger partial charge on any atom is 0.175 e. The molecule has 0 aliphatic heterocycles. The van der Waals surface area contributed by atoms with Gasteiger partial charge in [-0.25, -0.2) is 0 Å². The van der Waals surface area contributed by atoms with E-state index in [1.807, 2.05) is 19.1 Å². The second-order valence-electron chi connectivity index (χ2n) is 5.72. The van der Waals surface area contributed by atoms with Gasteiger partial charge in [0.05, 0.1) is 17.2 Å². The largest absolute Gasteiger partial charge is 0.490 e. The fourth-order valence-corrected chi connectivity index (χ4v) is 3.59. The zero-order valence-corrected chi connectivity index (χ0v) is 14.6. The van der Waals surface area contributed by atoms with Crippen LogP contribution in [0, 0.1) is 5.92 Å². The molecule has 0 heterocycles. The van der Waals surface area contributed by atoms with E-state index < -0.39 is 0 Å². The highest BCUT2D eigenvalue weighted by Gasteiger charge is 2.24. The van der Waals surface area contributed by atoms with Gasteiger partial charge >= 0.3 is 0 Å². The summed E-state index contributed by atoms with van der Waals surface area (Å²) in [6.45, 7) is 5.38. The van der Waals surface area contributed by atoms with Crippen molar-refractivity contribution in [2.45, 2.75) is 58.6 Å². The highest BCUT2D eigenvalue weighted by molar-refractivity contribution is 9.10. The van der Waals surface area contributed by atoms with Crippen molar-refractivity contribution in [3.05, 3.63) is 22.2 Å². The van der Waals surface area contributed by atoms with Crippen molar-refractivity contribution in [2.24, 2.45) is 11.7 Å². The van der Waals surface area contributed by atoms with E-state index in [2.05, 4.69) is 22.9 Å². The molecule has 2 rings (SSSR count). The normalized spacial score (nSPS) is 22.1. The first-order valence-corrected chi connectivity index (χ1v) is 8.79. The van der Waals surface area contributed by atoms with E-state index in [1.54, 1.807) is 0 Å². The average Bonchev–Trinajstić information content (AvgIpc) is 2.50. The van der Waals surface area contributed by atoms with Crippen LogP contribution in [0.5, 0.6) is 11.5 Å². The van der Waals surface area contributed by atoms with Gasteiger partial charge < -0.3 is 15.2 Å². The van der Waals surface area contributed by atoms with Crippen LogP contribution < -0.4 is 15.2 Å². The Labute approximate surface area is 136 Å². The molecule has 2 unspecified atom stereocenters. The third-order valence-corrected chi connectivity index (χ3v) is 4.79. The van der Waals surface area contributed by atoms with Crippen molar-refractivity contribution in [3.63, 3.8) is 0 Å². The number of benzene rings is 1. The lowest BCUT2D eigenvalue weighted by Gasteiger charge is -2.30. The molecule has 1 saturated carbocycles. The SMILES string of the molecule is CCOc1cc(CN)cc(Br)c1OC1CCCC(CC)C1. The molecule has 1 aromatic carbocycles. The lowest BCUT2D eigenvalue weighted by molar-refractivity contribution is 0.116. The van der Waals surface area contributed by atoms with Gasteiger partial charge in [0.15, 0.2) is 11.5 Å². The summed E-state index contributed by atoms with van der Waals surface area (Å²) in [4.78, 5) is 0. The van der Waals surface area contributed by atoms with Gasteiger partial charge in [0.25, 0.3) is 0 Å². The van der Waals surface area contributed by atoms with E-state index in [0.29, 0.717) is 19.3 Å². The second kappa shape index (κ2) is 8.04. The van der Waals surface area contributed by atoms with E-state index in [4.69, 9.17) is 15.2 Å². The zero-order chi connectivity index (χ0) is 15.2. The first-order valence-electron chi connectivity index (χ1n) is 7.99. The summed E-state index contributed by atoms with van der Waals surface area (Å²) in [5.41, 5.74) is 6.79. The third kappa shape index (κ3) is 4.36. The second-order valence-corrected chi connectivity index (χ2v) is 6.58. The Morgan fingerprint density at radius 1 is 1.29 bits per heavy atom. The summed E-state index contributed by atoms with van der Waals surface area (Å²) < 4.78 is 13.0. The van der Waals surface area contributed by atoms with Crippen molar-refractivity contribution in [2.75, 3.05) is 6.61 Å². The Balaban J connectivity index is 2.17. The van der Waals surface area contributed by atoms with E-state index >= 15 is 0 Å². The minimum atomic E-state index is 0.294. The lowest BCUT2D eigenvalue weighted by Crippen LogP contribution is -2.25.